The highest BCUT2D eigenvalue weighted by Gasteiger charge is 2.14. The van der Waals surface area contributed by atoms with Gasteiger partial charge in [0.15, 0.2) is 0 Å². The van der Waals surface area contributed by atoms with E-state index in [1.165, 1.54) is 0 Å². The van der Waals surface area contributed by atoms with Crippen LogP contribution in [0.25, 0.3) is 0 Å². The van der Waals surface area contributed by atoms with Gasteiger partial charge in [0.1, 0.15) is 5.69 Å². The first-order valence-electron chi connectivity index (χ1n) is 8.59. The molecule has 0 fully saturated rings. The number of carbonyl (C=O) groups is 1. The lowest BCUT2D eigenvalue weighted by Crippen LogP contribution is -2.18. The summed E-state index contributed by atoms with van der Waals surface area (Å²) in [6.07, 6.45) is 1.71. The second-order valence-corrected chi connectivity index (χ2v) is 5.75. The third kappa shape index (κ3) is 5.00. The third-order valence-electron chi connectivity index (χ3n) is 3.91. The van der Waals surface area contributed by atoms with E-state index in [1.807, 2.05) is 25.1 Å². The summed E-state index contributed by atoms with van der Waals surface area (Å²) in [5, 5.41) is 6.10. The van der Waals surface area contributed by atoms with E-state index in [4.69, 9.17) is 4.74 Å². The summed E-state index contributed by atoms with van der Waals surface area (Å²) in [7, 11) is 1.63. The Labute approximate surface area is 149 Å². The van der Waals surface area contributed by atoms with Gasteiger partial charge < -0.3 is 15.4 Å². The summed E-state index contributed by atoms with van der Waals surface area (Å²) in [5.74, 6) is 0.206. The minimum atomic E-state index is -0.226. The van der Waals surface area contributed by atoms with Crippen LogP contribution in [0.15, 0.2) is 24.3 Å². The van der Waals surface area contributed by atoms with Gasteiger partial charge in [0.05, 0.1) is 6.61 Å². The number of nitrogens with one attached hydrogen (secondary N) is 2. The molecule has 2 aromatic rings. The number of hydrogen-bond donors (Lipinski definition) is 2. The zero-order chi connectivity index (χ0) is 18.2. The first kappa shape index (κ1) is 18.9. The number of nitrogens with zero attached hydrogens (tertiary/aromatic N) is 2. The number of rotatable bonds is 8. The number of para-hydroxylation sites is 1. The molecule has 1 heterocycles. The molecule has 6 heteroatoms. The van der Waals surface area contributed by atoms with Crippen molar-refractivity contribution in [3.8, 4) is 0 Å². The van der Waals surface area contributed by atoms with E-state index in [1.54, 1.807) is 13.2 Å². The van der Waals surface area contributed by atoms with Crippen LogP contribution in [0.4, 0.5) is 11.6 Å². The molecule has 2 rings (SSSR count). The van der Waals surface area contributed by atoms with Crippen LogP contribution < -0.4 is 10.6 Å². The van der Waals surface area contributed by atoms with Gasteiger partial charge in [-0.1, -0.05) is 32.0 Å². The number of ether oxygens (including phenoxy) is 1. The van der Waals surface area contributed by atoms with Crippen molar-refractivity contribution >= 4 is 17.5 Å². The maximum Gasteiger partial charge on any atom is 0.274 e. The van der Waals surface area contributed by atoms with E-state index in [0.717, 1.165) is 35.3 Å². The summed E-state index contributed by atoms with van der Waals surface area (Å²) >= 11 is 0. The number of hydrogen-bond acceptors (Lipinski definition) is 5. The summed E-state index contributed by atoms with van der Waals surface area (Å²) in [6.45, 7) is 7.13. The number of aromatic nitrogens is 2. The quantitative estimate of drug-likeness (QED) is 0.720. The second-order valence-electron chi connectivity index (χ2n) is 5.75. The molecule has 0 aliphatic rings. The van der Waals surface area contributed by atoms with Crippen LogP contribution in [0.2, 0.25) is 0 Å². The maximum atomic E-state index is 12.7. The Morgan fingerprint density at radius 3 is 2.44 bits per heavy atom. The van der Waals surface area contributed by atoms with Crippen molar-refractivity contribution < 1.29 is 9.53 Å². The van der Waals surface area contributed by atoms with Gasteiger partial charge in [-0.2, -0.15) is 0 Å². The number of amides is 1. The van der Waals surface area contributed by atoms with E-state index in [0.29, 0.717) is 24.8 Å². The number of anilines is 2. The number of methoxy groups -OCH3 is 1. The minimum absolute atomic E-state index is 0.226. The van der Waals surface area contributed by atoms with Gasteiger partial charge in [-0.15, -0.1) is 0 Å². The van der Waals surface area contributed by atoms with E-state index < -0.39 is 0 Å². The lowest BCUT2D eigenvalue weighted by molar-refractivity contribution is 0.102. The fourth-order valence-corrected chi connectivity index (χ4v) is 2.61. The highest BCUT2D eigenvalue weighted by molar-refractivity contribution is 6.04. The van der Waals surface area contributed by atoms with Gasteiger partial charge in [0.25, 0.3) is 5.91 Å². The van der Waals surface area contributed by atoms with Gasteiger partial charge >= 0.3 is 0 Å². The Hall–Kier alpha value is -2.47. The van der Waals surface area contributed by atoms with Gasteiger partial charge in [-0.3, -0.25) is 4.79 Å². The fraction of sp³-hybridized carbons (Fsp3) is 0.421. The number of carbonyl (C=O) groups excluding carboxylic acids is 1. The van der Waals surface area contributed by atoms with E-state index in [2.05, 4.69) is 34.4 Å². The SMILES string of the molecule is CCc1cccc(CC)c1NC(=O)c1cc(C)nc(NCCOC)n1. The molecule has 25 heavy (non-hydrogen) atoms. The van der Waals surface area contributed by atoms with Crippen LogP contribution >= 0.6 is 0 Å². The molecule has 6 nitrogen and oxygen atoms in total. The van der Waals surface area contributed by atoms with Crippen LogP contribution in [0.5, 0.6) is 0 Å². The smallest absolute Gasteiger partial charge is 0.274 e. The first-order valence-corrected chi connectivity index (χ1v) is 8.59. The lowest BCUT2D eigenvalue weighted by Gasteiger charge is -2.14. The van der Waals surface area contributed by atoms with E-state index >= 15 is 0 Å². The average Bonchev–Trinajstić information content (AvgIpc) is 2.61. The average molecular weight is 342 g/mol. The van der Waals surface area contributed by atoms with Crippen molar-refractivity contribution in [3.05, 3.63) is 46.8 Å². The van der Waals surface area contributed by atoms with Crippen LogP contribution in [-0.2, 0) is 17.6 Å². The predicted octanol–water partition coefficient (Wildman–Crippen LogP) is 3.22. The van der Waals surface area contributed by atoms with Crippen LogP contribution in [0.3, 0.4) is 0 Å². The van der Waals surface area contributed by atoms with Crippen molar-refractivity contribution in [3.63, 3.8) is 0 Å². The second kappa shape index (κ2) is 9.13. The Bertz CT molecular complexity index is 709. The molecule has 0 radical (unpaired) electrons. The number of aryl methyl sites for hydroxylation is 3. The maximum absolute atomic E-state index is 12.7. The Morgan fingerprint density at radius 2 is 1.84 bits per heavy atom. The van der Waals surface area contributed by atoms with E-state index in [9.17, 15) is 4.79 Å². The van der Waals surface area contributed by atoms with Crippen molar-refractivity contribution in [1.82, 2.24) is 9.97 Å². The first-order chi connectivity index (χ1) is 12.1. The number of benzene rings is 1. The van der Waals surface area contributed by atoms with Crippen molar-refractivity contribution in [1.29, 1.82) is 0 Å². The molecule has 0 saturated heterocycles. The van der Waals surface area contributed by atoms with Gasteiger partial charge in [0.2, 0.25) is 5.95 Å². The third-order valence-corrected chi connectivity index (χ3v) is 3.91. The monoisotopic (exact) mass is 342 g/mol. The lowest BCUT2D eigenvalue weighted by atomic mass is 10.0. The van der Waals surface area contributed by atoms with Gasteiger partial charge in [-0.05, 0) is 37.0 Å². The Kier molecular flexibility index (Phi) is 6.89. The normalized spacial score (nSPS) is 10.6. The molecule has 1 amide bonds. The standard InChI is InChI=1S/C19H26N4O2/c1-5-14-8-7-9-15(6-2)17(14)23-18(24)16-12-13(3)21-19(22-16)20-10-11-25-4/h7-9,12H,5-6,10-11H2,1-4H3,(H,23,24)(H,20,21,22). The summed E-state index contributed by atoms with van der Waals surface area (Å²) in [4.78, 5) is 21.4. The highest BCUT2D eigenvalue weighted by atomic mass is 16.5. The molecular formula is C19H26N4O2. The topological polar surface area (TPSA) is 76.1 Å². The van der Waals surface area contributed by atoms with E-state index in [-0.39, 0.29) is 5.91 Å². The molecule has 1 aromatic heterocycles. The molecule has 2 N–H and O–H groups in total. The Balaban J connectivity index is 2.24. The van der Waals surface area contributed by atoms with Crippen molar-refractivity contribution in [2.75, 3.05) is 30.9 Å². The zero-order valence-corrected chi connectivity index (χ0v) is 15.3. The highest BCUT2D eigenvalue weighted by Crippen LogP contribution is 2.23. The molecule has 0 unspecified atom stereocenters. The fourth-order valence-electron chi connectivity index (χ4n) is 2.61. The molecule has 0 saturated carbocycles. The molecular weight excluding hydrogens is 316 g/mol. The van der Waals surface area contributed by atoms with Crippen LogP contribution in [0.1, 0.15) is 41.2 Å². The molecule has 0 spiro atoms. The predicted molar refractivity (Wildman–Crippen MR) is 100 cm³/mol. The van der Waals surface area contributed by atoms with Crippen LogP contribution in [-0.4, -0.2) is 36.1 Å². The summed E-state index contributed by atoms with van der Waals surface area (Å²) in [5.41, 5.74) is 4.22. The zero-order valence-electron chi connectivity index (χ0n) is 15.3. The van der Waals surface area contributed by atoms with Crippen molar-refractivity contribution in [2.45, 2.75) is 33.6 Å². The summed E-state index contributed by atoms with van der Waals surface area (Å²) in [6, 6.07) is 7.80. The van der Waals surface area contributed by atoms with Gasteiger partial charge in [-0.25, -0.2) is 9.97 Å². The summed E-state index contributed by atoms with van der Waals surface area (Å²) < 4.78 is 5.00. The molecule has 134 valence electrons. The minimum Gasteiger partial charge on any atom is -0.383 e. The molecule has 0 bridgehead atoms. The van der Waals surface area contributed by atoms with Crippen LogP contribution in [0, 0.1) is 6.92 Å². The molecule has 0 aliphatic carbocycles. The molecule has 1 aromatic carbocycles. The molecule has 0 atom stereocenters. The van der Waals surface area contributed by atoms with Crippen molar-refractivity contribution in [2.24, 2.45) is 0 Å². The largest absolute Gasteiger partial charge is 0.383 e. The van der Waals surface area contributed by atoms with Gasteiger partial charge in [0, 0.05) is 25.0 Å². The molecule has 0 aliphatic heterocycles. The Morgan fingerprint density at radius 1 is 1.16 bits per heavy atom.